The summed E-state index contributed by atoms with van der Waals surface area (Å²) in [7, 11) is 1.47. The summed E-state index contributed by atoms with van der Waals surface area (Å²) in [6, 6.07) is 9.88. The van der Waals surface area contributed by atoms with Gasteiger partial charge in [-0.2, -0.15) is 0 Å². The minimum absolute atomic E-state index is 0.0359. The van der Waals surface area contributed by atoms with Crippen molar-refractivity contribution in [1.82, 2.24) is 5.48 Å². The first-order valence-electron chi connectivity index (χ1n) is 5.20. The second kappa shape index (κ2) is 4.45. The Bertz CT molecular complexity index is 333. The molecule has 0 radical (unpaired) electrons. The van der Waals surface area contributed by atoms with Crippen LogP contribution in [0.5, 0.6) is 0 Å². The summed E-state index contributed by atoms with van der Waals surface area (Å²) in [5, 5.41) is 0. The van der Waals surface area contributed by atoms with Gasteiger partial charge in [-0.05, 0) is 24.3 Å². The van der Waals surface area contributed by atoms with Crippen molar-refractivity contribution in [3.8, 4) is 0 Å². The van der Waals surface area contributed by atoms with Crippen LogP contribution in [-0.4, -0.2) is 13.0 Å². The molecule has 1 unspecified atom stereocenters. The molecule has 15 heavy (non-hydrogen) atoms. The van der Waals surface area contributed by atoms with Crippen LogP contribution in [0.2, 0.25) is 0 Å². The van der Waals surface area contributed by atoms with Gasteiger partial charge >= 0.3 is 0 Å². The lowest BCUT2D eigenvalue weighted by Crippen LogP contribution is -2.29. The Kier molecular flexibility index (Phi) is 3.02. The number of hydrogen-bond donors (Lipinski definition) is 1. The van der Waals surface area contributed by atoms with Crippen LogP contribution in [0.25, 0.3) is 0 Å². The molecule has 0 aliphatic heterocycles. The minimum atomic E-state index is -0.0499. The number of amides is 1. The van der Waals surface area contributed by atoms with Gasteiger partial charge in [0.2, 0.25) is 0 Å². The van der Waals surface area contributed by atoms with Crippen LogP contribution in [-0.2, 0) is 9.63 Å². The monoisotopic (exact) mass is 205 g/mol. The Balaban J connectivity index is 2.16. The zero-order chi connectivity index (χ0) is 10.7. The number of carbonyl (C=O) groups is 1. The van der Waals surface area contributed by atoms with E-state index in [9.17, 15) is 4.79 Å². The van der Waals surface area contributed by atoms with Crippen LogP contribution >= 0.6 is 0 Å². The molecular formula is C12H15NO2. The molecule has 3 nitrogen and oxygen atoms in total. The van der Waals surface area contributed by atoms with Crippen molar-refractivity contribution in [2.75, 3.05) is 7.11 Å². The summed E-state index contributed by atoms with van der Waals surface area (Å²) in [5.74, 6) is 0.403. The van der Waals surface area contributed by atoms with Crippen molar-refractivity contribution in [3.63, 3.8) is 0 Å². The van der Waals surface area contributed by atoms with E-state index in [1.165, 1.54) is 7.11 Å². The molecule has 1 saturated carbocycles. The summed E-state index contributed by atoms with van der Waals surface area (Å²) in [6.07, 6.45) is 2.27. The normalized spacial score (nSPS) is 17.1. The largest absolute Gasteiger partial charge is 0.277 e. The Labute approximate surface area is 89.4 Å². The van der Waals surface area contributed by atoms with Crippen LogP contribution in [0.3, 0.4) is 0 Å². The van der Waals surface area contributed by atoms with Crippen LogP contribution in [0.1, 0.15) is 24.3 Å². The zero-order valence-electron chi connectivity index (χ0n) is 8.77. The first-order chi connectivity index (χ1) is 7.33. The molecule has 1 fully saturated rings. The van der Waals surface area contributed by atoms with Gasteiger partial charge in [-0.3, -0.25) is 9.63 Å². The van der Waals surface area contributed by atoms with Gasteiger partial charge < -0.3 is 0 Å². The van der Waals surface area contributed by atoms with E-state index in [0.29, 0.717) is 5.92 Å². The van der Waals surface area contributed by atoms with Crippen molar-refractivity contribution in [2.45, 2.75) is 18.8 Å². The Morgan fingerprint density at radius 1 is 1.40 bits per heavy atom. The number of carbonyl (C=O) groups excluding carboxylic acids is 1. The fourth-order valence-electron chi connectivity index (χ4n) is 1.89. The van der Waals surface area contributed by atoms with Crippen LogP contribution in [0.4, 0.5) is 0 Å². The predicted octanol–water partition coefficient (Wildman–Crippen LogP) is 1.86. The second-order valence-corrected chi connectivity index (χ2v) is 3.90. The van der Waals surface area contributed by atoms with Gasteiger partial charge in [-0.1, -0.05) is 30.3 Å². The zero-order valence-corrected chi connectivity index (χ0v) is 8.77. The smallest absolute Gasteiger partial charge is 0.251 e. The average Bonchev–Trinajstić information content (AvgIpc) is 3.04. The SMILES string of the molecule is CONC(=O)C(c1ccccc1)C1CC1. The lowest BCUT2D eigenvalue weighted by Gasteiger charge is -2.15. The fourth-order valence-corrected chi connectivity index (χ4v) is 1.89. The van der Waals surface area contributed by atoms with Gasteiger partial charge in [0, 0.05) is 0 Å². The maximum atomic E-state index is 11.8. The molecule has 0 spiro atoms. The molecule has 0 bridgehead atoms. The third kappa shape index (κ3) is 2.36. The van der Waals surface area contributed by atoms with Gasteiger partial charge in [-0.15, -0.1) is 0 Å². The van der Waals surface area contributed by atoms with Gasteiger partial charge in [-0.25, -0.2) is 5.48 Å². The van der Waals surface area contributed by atoms with E-state index >= 15 is 0 Å². The summed E-state index contributed by atoms with van der Waals surface area (Å²) in [4.78, 5) is 16.5. The maximum Gasteiger partial charge on any atom is 0.251 e. The molecule has 1 aromatic rings. The Morgan fingerprint density at radius 2 is 2.07 bits per heavy atom. The highest BCUT2D eigenvalue weighted by atomic mass is 16.6. The van der Waals surface area contributed by atoms with E-state index in [0.717, 1.165) is 18.4 Å². The number of hydroxylamine groups is 1. The molecule has 1 N–H and O–H groups in total. The molecule has 0 heterocycles. The van der Waals surface area contributed by atoms with Crippen molar-refractivity contribution >= 4 is 5.91 Å². The van der Waals surface area contributed by atoms with Crippen LogP contribution in [0.15, 0.2) is 30.3 Å². The third-order valence-corrected chi connectivity index (χ3v) is 2.74. The highest BCUT2D eigenvalue weighted by molar-refractivity contribution is 5.83. The molecular weight excluding hydrogens is 190 g/mol. The third-order valence-electron chi connectivity index (χ3n) is 2.74. The lowest BCUT2D eigenvalue weighted by atomic mass is 9.94. The lowest BCUT2D eigenvalue weighted by molar-refractivity contribution is -0.133. The van der Waals surface area contributed by atoms with Gasteiger partial charge in [0.1, 0.15) is 0 Å². The van der Waals surface area contributed by atoms with E-state index in [4.69, 9.17) is 0 Å². The van der Waals surface area contributed by atoms with Crippen molar-refractivity contribution in [3.05, 3.63) is 35.9 Å². The molecule has 3 heteroatoms. The molecule has 80 valence electrons. The molecule has 1 aromatic carbocycles. The van der Waals surface area contributed by atoms with Gasteiger partial charge in [0.25, 0.3) is 5.91 Å². The van der Waals surface area contributed by atoms with Crippen LogP contribution in [0, 0.1) is 5.92 Å². The quantitative estimate of drug-likeness (QED) is 0.762. The molecule has 1 amide bonds. The van der Waals surface area contributed by atoms with Crippen LogP contribution < -0.4 is 5.48 Å². The topological polar surface area (TPSA) is 38.3 Å². The van der Waals surface area contributed by atoms with Crippen molar-refractivity contribution in [2.24, 2.45) is 5.92 Å². The van der Waals surface area contributed by atoms with Gasteiger partial charge in [0.05, 0.1) is 13.0 Å². The second-order valence-electron chi connectivity index (χ2n) is 3.90. The molecule has 1 atom stereocenters. The van der Waals surface area contributed by atoms with Crippen molar-refractivity contribution < 1.29 is 9.63 Å². The summed E-state index contributed by atoms with van der Waals surface area (Å²) < 4.78 is 0. The van der Waals surface area contributed by atoms with E-state index < -0.39 is 0 Å². The summed E-state index contributed by atoms with van der Waals surface area (Å²) >= 11 is 0. The first kappa shape index (κ1) is 10.2. The Hall–Kier alpha value is -1.35. The van der Waals surface area contributed by atoms with E-state index in [1.54, 1.807) is 0 Å². The summed E-state index contributed by atoms with van der Waals surface area (Å²) in [6.45, 7) is 0. The number of benzene rings is 1. The molecule has 1 aliphatic rings. The number of hydrogen-bond acceptors (Lipinski definition) is 2. The standard InChI is InChI=1S/C12H15NO2/c1-15-13-12(14)11(10-7-8-10)9-5-3-2-4-6-9/h2-6,10-11H,7-8H2,1H3,(H,13,14). The fraction of sp³-hybridized carbons (Fsp3) is 0.417. The highest BCUT2D eigenvalue weighted by Crippen LogP contribution is 2.42. The summed E-state index contributed by atoms with van der Waals surface area (Å²) in [5.41, 5.74) is 3.50. The number of nitrogens with one attached hydrogen (secondary N) is 1. The van der Waals surface area contributed by atoms with Crippen molar-refractivity contribution in [1.29, 1.82) is 0 Å². The van der Waals surface area contributed by atoms with E-state index in [2.05, 4.69) is 10.3 Å². The van der Waals surface area contributed by atoms with E-state index in [-0.39, 0.29) is 11.8 Å². The molecule has 0 aromatic heterocycles. The molecule has 0 saturated heterocycles. The Morgan fingerprint density at radius 3 is 2.60 bits per heavy atom. The molecule has 1 aliphatic carbocycles. The average molecular weight is 205 g/mol. The van der Waals surface area contributed by atoms with E-state index in [1.807, 2.05) is 30.3 Å². The highest BCUT2D eigenvalue weighted by Gasteiger charge is 2.37. The maximum absolute atomic E-state index is 11.8. The first-order valence-corrected chi connectivity index (χ1v) is 5.20. The van der Waals surface area contributed by atoms with Gasteiger partial charge in [0.15, 0.2) is 0 Å². The number of rotatable bonds is 4. The minimum Gasteiger partial charge on any atom is -0.277 e. The molecule has 2 rings (SSSR count). The predicted molar refractivity (Wildman–Crippen MR) is 57.1 cm³/mol.